The number of amides is 3. The first-order valence-electron chi connectivity index (χ1n) is 9.88. The second-order valence-electron chi connectivity index (χ2n) is 7.51. The van der Waals surface area contributed by atoms with Gasteiger partial charge in [-0.3, -0.25) is 4.79 Å². The highest BCUT2D eigenvalue weighted by molar-refractivity contribution is 7.10. The summed E-state index contributed by atoms with van der Waals surface area (Å²) in [5.41, 5.74) is 1.98. The highest BCUT2D eigenvalue weighted by atomic mass is 32.1. The van der Waals surface area contributed by atoms with Crippen LogP contribution >= 0.6 is 11.3 Å². The monoisotopic (exact) mass is 419 g/mol. The van der Waals surface area contributed by atoms with E-state index in [4.69, 9.17) is 0 Å². The lowest BCUT2D eigenvalue weighted by atomic mass is 10.2. The zero-order valence-electron chi connectivity index (χ0n) is 17.6. The number of carbonyl (C=O) groups excluding carboxylic acids is 2. The predicted octanol–water partition coefficient (Wildman–Crippen LogP) is 4.41. The number of hydrogen-bond acceptors (Lipinski definition) is 3. The number of carbonyl (C=O) groups is 2. The molecule has 0 aliphatic carbocycles. The third-order valence-electron chi connectivity index (χ3n) is 4.47. The summed E-state index contributed by atoms with van der Waals surface area (Å²) in [6.45, 7) is 9.75. The van der Waals surface area contributed by atoms with Crippen LogP contribution in [0.3, 0.4) is 0 Å². The van der Waals surface area contributed by atoms with E-state index in [9.17, 15) is 14.0 Å². The van der Waals surface area contributed by atoms with E-state index in [1.807, 2.05) is 39.1 Å². The van der Waals surface area contributed by atoms with Gasteiger partial charge in [0.05, 0.1) is 6.54 Å². The molecular formula is C22H30FN3O2S. The van der Waals surface area contributed by atoms with E-state index in [2.05, 4.69) is 5.32 Å². The maximum atomic E-state index is 13.3. The van der Waals surface area contributed by atoms with Crippen LogP contribution in [0, 0.1) is 18.7 Å². The van der Waals surface area contributed by atoms with E-state index in [0.29, 0.717) is 26.2 Å². The lowest BCUT2D eigenvalue weighted by molar-refractivity contribution is -0.133. The fourth-order valence-electron chi connectivity index (χ4n) is 2.97. The molecule has 0 unspecified atom stereocenters. The van der Waals surface area contributed by atoms with Crippen molar-refractivity contribution >= 4 is 23.3 Å². The number of aryl methyl sites for hydroxylation is 1. The van der Waals surface area contributed by atoms with Gasteiger partial charge in [0.2, 0.25) is 5.91 Å². The van der Waals surface area contributed by atoms with Crippen molar-refractivity contribution in [3.63, 3.8) is 0 Å². The van der Waals surface area contributed by atoms with Crippen molar-refractivity contribution in [3.05, 3.63) is 57.5 Å². The van der Waals surface area contributed by atoms with Gasteiger partial charge in [-0.1, -0.05) is 26.0 Å². The van der Waals surface area contributed by atoms with E-state index < -0.39 is 0 Å². The van der Waals surface area contributed by atoms with E-state index in [1.165, 1.54) is 12.1 Å². The minimum absolute atomic E-state index is 0.00955. The summed E-state index contributed by atoms with van der Waals surface area (Å²) in [5.74, 6) is -0.190. The number of rotatable bonds is 9. The van der Waals surface area contributed by atoms with Crippen molar-refractivity contribution in [2.45, 2.75) is 40.8 Å². The summed E-state index contributed by atoms with van der Waals surface area (Å²) >= 11 is 1.61. The van der Waals surface area contributed by atoms with Crippen LogP contribution in [-0.2, 0) is 17.9 Å². The Bertz CT molecular complexity index is 805. The number of nitrogens with one attached hydrogen (secondary N) is 1. The van der Waals surface area contributed by atoms with E-state index in [1.54, 1.807) is 33.3 Å². The Kier molecular flexibility index (Phi) is 8.64. The molecular weight excluding hydrogens is 389 g/mol. The molecule has 1 aromatic heterocycles. The molecule has 0 spiro atoms. The van der Waals surface area contributed by atoms with Crippen LogP contribution in [0.1, 0.15) is 36.8 Å². The van der Waals surface area contributed by atoms with E-state index in [0.717, 1.165) is 16.0 Å². The molecule has 0 radical (unpaired) electrons. The lowest BCUT2D eigenvalue weighted by Crippen LogP contribution is -2.47. The summed E-state index contributed by atoms with van der Waals surface area (Å²) in [4.78, 5) is 30.0. The number of urea groups is 1. The number of halogens is 1. The summed E-state index contributed by atoms with van der Waals surface area (Å²) in [7, 11) is 0. The van der Waals surface area contributed by atoms with Crippen LogP contribution in [0.15, 0.2) is 35.7 Å². The second kappa shape index (κ2) is 11.0. The summed E-state index contributed by atoms with van der Waals surface area (Å²) in [6, 6.07) is 7.96. The number of thiophene rings is 1. The maximum absolute atomic E-state index is 13.3. The van der Waals surface area contributed by atoms with Gasteiger partial charge in [-0.2, -0.15) is 0 Å². The Morgan fingerprint density at radius 2 is 1.79 bits per heavy atom. The van der Waals surface area contributed by atoms with Gasteiger partial charge in [0.1, 0.15) is 12.4 Å². The molecule has 0 aliphatic rings. The van der Waals surface area contributed by atoms with Crippen LogP contribution in [0.5, 0.6) is 0 Å². The summed E-state index contributed by atoms with van der Waals surface area (Å²) in [6.07, 6.45) is 0. The third kappa shape index (κ3) is 7.16. The minimum atomic E-state index is -0.305. The molecule has 5 nitrogen and oxygen atoms in total. The Balaban J connectivity index is 2.20. The maximum Gasteiger partial charge on any atom is 0.317 e. The molecule has 1 heterocycles. The average molecular weight is 420 g/mol. The molecule has 2 rings (SSSR count). The van der Waals surface area contributed by atoms with Gasteiger partial charge in [0, 0.05) is 24.5 Å². The normalized spacial score (nSPS) is 10.8. The smallest absolute Gasteiger partial charge is 0.317 e. The van der Waals surface area contributed by atoms with Crippen LogP contribution in [-0.4, -0.2) is 41.4 Å². The molecule has 7 heteroatoms. The zero-order chi connectivity index (χ0) is 21.4. The Morgan fingerprint density at radius 3 is 2.34 bits per heavy atom. The highest BCUT2D eigenvalue weighted by Crippen LogP contribution is 2.20. The third-order valence-corrected chi connectivity index (χ3v) is 5.48. The first kappa shape index (κ1) is 22.9. The molecule has 3 amide bonds. The Hall–Kier alpha value is -2.41. The lowest BCUT2D eigenvalue weighted by Gasteiger charge is -2.29. The quantitative estimate of drug-likeness (QED) is 0.654. The highest BCUT2D eigenvalue weighted by Gasteiger charge is 2.23. The van der Waals surface area contributed by atoms with Gasteiger partial charge >= 0.3 is 6.03 Å². The molecule has 0 aliphatic heterocycles. The molecule has 0 saturated carbocycles. The van der Waals surface area contributed by atoms with Crippen LogP contribution in [0.25, 0.3) is 0 Å². The number of hydrogen-bond donors (Lipinski definition) is 1. The van der Waals surface area contributed by atoms with Crippen LogP contribution < -0.4 is 5.32 Å². The van der Waals surface area contributed by atoms with Gasteiger partial charge < -0.3 is 15.1 Å². The van der Waals surface area contributed by atoms with Crippen molar-refractivity contribution < 1.29 is 14.0 Å². The van der Waals surface area contributed by atoms with Gasteiger partial charge in [-0.15, -0.1) is 11.3 Å². The SMILES string of the molecule is CCNC(=O)N(CC(=O)N(Cc1ccc(F)cc1)Cc1sccc1C)CC(C)C. The van der Waals surface area contributed by atoms with Crippen molar-refractivity contribution in [3.8, 4) is 0 Å². The van der Waals surface area contributed by atoms with Crippen molar-refractivity contribution in [1.82, 2.24) is 15.1 Å². The van der Waals surface area contributed by atoms with Gasteiger partial charge in [0.25, 0.3) is 0 Å². The molecule has 0 bridgehead atoms. The van der Waals surface area contributed by atoms with Gasteiger partial charge in [0.15, 0.2) is 0 Å². The van der Waals surface area contributed by atoms with E-state index >= 15 is 0 Å². The summed E-state index contributed by atoms with van der Waals surface area (Å²) in [5, 5.41) is 4.79. The number of nitrogens with zero attached hydrogens (tertiary/aromatic N) is 2. The molecule has 29 heavy (non-hydrogen) atoms. The van der Waals surface area contributed by atoms with E-state index in [-0.39, 0.29) is 30.2 Å². The van der Waals surface area contributed by atoms with Crippen molar-refractivity contribution in [1.29, 1.82) is 0 Å². The zero-order valence-corrected chi connectivity index (χ0v) is 18.4. The Labute approximate surface area is 176 Å². The van der Waals surface area contributed by atoms with Gasteiger partial charge in [-0.05, 0) is 54.5 Å². The molecule has 158 valence electrons. The molecule has 2 aromatic rings. The molecule has 0 atom stereocenters. The fraction of sp³-hybridized carbons (Fsp3) is 0.455. The summed E-state index contributed by atoms with van der Waals surface area (Å²) < 4.78 is 13.3. The van der Waals surface area contributed by atoms with Gasteiger partial charge in [-0.25, -0.2) is 9.18 Å². The minimum Gasteiger partial charge on any atom is -0.338 e. The standard InChI is InChI=1S/C22H30FN3O2S/c1-5-24-22(28)26(12-16(2)3)15-21(27)25(14-20-17(4)10-11-29-20)13-18-6-8-19(23)9-7-18/h6-11,16H,5,12-15H2,1-4H3,(H,24,28). The first-order chi connectivity index (χ1) is 13.8. The van der Waals surface area contributed by atoms with Crippen molar-refractivity contribution in [2.24, 2.45) is 5.92 Å². The molecule has 1 N–H and O–H groups in total. The largest absolute Gasteiger partial charge is 0.338 e. The van der Waals surface area contributed by atoms with Crippen LogP contribution in [0.2, 0.25) is 0 Å². The topological polar surface area (TPSA) is 52.7 Å². The van der Waals surface area contributed by atoms with Crippen molar-refractivity contribution in [2.75, 3.05) is 19.6 Å². The molecule has 1 aromatic carbocycles. The van der Waals surface area contributed by atoms with Crippen LogP contribution in [0.4, 0.5) is 9.18 Å². The molecule has 0 fully saturated rings. The number of benzene rings is 1. The molecule has 0 saturated heterocycles. The first-order valence-corrected chi connectivity index (χ1v) is 10.8. The fourth-order valence-corrected chi connectivity index (χ4v) is 3.89. The second-order valence-corrected chi connectivity index (χ2v) is 8.51. The predicted molar refractivity (Wildman–Crippen MR) is 115 cm³/mol. The Morgan fingerprint density at radius 1 is 1.10 bits per heavy atom. The average Bonchev–Trinajstić information content (AvgIpc) is 3.06.